The quantitative estimate of drug-likeness (QED) is 0.690. The molecule has 0 aromatic heterocycles. The number of carbonyl (C=O) groups excluding carboxylic acids is 1. The zero-order valence-corrected chi connectivity index (χ0v) is 16.9. The smallest absolute Gasteiger partial charge is 0.227 e. The first-order chi connectivity index (χ1) is 13.4. The van der Waals surface area contributed by atoms with Crippen molar-refractivity contribution in [2.75, 3.05) is 18.1 Å². The highest BCUT2D eigenvalue weighted by Crippen LogP contribution is 2.38. The molecule has 0 bridgehead atoms. The fourth-order valence-electron chi connectivity index (χ4n) is 4.37. The van der Waals surface area contributed by atoms with E-state index in [0.29, 0.717) is 12.5 Å². The van der Waals surface area contributed by atoms with Crippen molar-refractivity contribution in [3.05, 3.63) is 53.6 Å². The topological polar surface area (TPSA) is 75.3 Å². The number of anilines is 1. The molecular weight excluding hydrogens is 372 g/mol. The van der Waals surface area contributed by atoms with Crippen molar-refractivity contribution in [3.63, 3.8) is 0 Å². The largest absolute Gasteiger partial charge is 0.326 e. The highest BCUT2D eigenvalue weighted by molar-refractivity contribution is 7.88. The second-order valence-electron chi connectivity index (χ2n) is 8.03. The first-order valence-electron chi connectivity index (χ1n) is 9.86. The lowest BCUT2D eigenvalue weighted by Gasteiger charge is -2.27. The van der Waals surface area contributed by atoms with Crippen LogP contribution in [0.4, 0.5) is 5.69 Å². The monoisotopic (exact) mass is 398 g/mol. The second kappa shape index (κ2) is 7.68. The number of amides is 1. The number of hydrogen-bond donors (Lipinski definition) is 2. The van der Waals surface area contributed by atoms with E-state index in [1.54, 1.807) is 0 Å². The summed E-state index contributed by atoms with van der Waals surface area (Å²) in [5, 5.41) is 3.09. The van der Waals surface area contributed by atoms with E-state index >= 15 is 0 Å². The normalized spacial score (nSPS) is 21.0. The maximum Gasteiger partial charge on any atom is 0.227 e. The van der Waals surface area contributed by atoms with Crippen LogP contribution in [-0.2, 0) is 21.2 Å². The van der Waals surface area contributed by atoms with Gasteiger partial charge < -0.3 is 5.32 Å². The van der Waals surface area contributed by atoms with Crippen LogP contribution >= 0.6 is 0 Å². The molecule has 1 saturated carbocycles. The van der Waals surface area contributed by atoms with Gasteiger partial charge in [0, 0.05) is 18.2 Å². The first-order valence-corrected chi connectivity index (χ1v) is 11.7. The number of sulfonamides is 1. The summed E-state index contributed by atoms with van der Waals surface area (Å²) in [4.78, 5) is 12.7. The Balaban J connectivity index is 1.33. The average Bonchev–Trinajstić information content (AvgIpc) is 3.04. The van der Waals surface area contributed by atoms with Crippen molar-refractivity contribution in [2.45, 2.75) is 32.1 Å². The van der Waals surface area contributed by atoms with Gasteiger partial charge in [-0.1, -0.05) is 30.3 Å². The van der Waals surface area contributed by atoms with E-state index in [1.165, 1.54) is 28.5 Å². The van der Waals surface area contributed by atoms with Crippen LogP contribution in [0.25, 0.3) is 11.1 Å². The van der Waals surface area contributed by atoms with Crippen molar-refractivity contribution in [2.24, 2.45) is 11.8 Å². The lowest BCUT2D eigenvalue weighted by atomic mass is 9.81. The number of benzene rings is 2. The summed E-state index contributed by atoms with van der Waals surface area (Å²) in [6.45, 7) is 0.471. The van der Waals surface area contributed by atoms with Crippen molar-refractivity contribution >= 4 is 21.6 Å². The third-order valence-electron chi connectivity index (χ3n) is 5.91. The molecule has 1 fully saturated rings. The van der Waals surface area contributed by atoms with Gasteiger partial charge in [0.1, 0.15) is 0 Å². The molecule has 0 heterocycles. The molecule has 148 valence electrons. The molecular formula is C22H26N2O3S. The molecule has 4 rings (SSSR count). The van der Waals surface area contributed by atoms with E-state index < -0.39 is 10.0 Å². The van der Waals surface area contributed by atoms with Gasteiger partial charge >= 0.3 is 0 Å². The number of hydrogen-bond acceptors (Lipinski definition) is 3. The summed E-state index contributed by atoms with van der Waals surface area (Å²) in [6, 6.07) is 14.6. The lowest BCUT2D eigenvalue weighted by Crippen LogP contribution is -2.33. The predicted octanol–water partition coefficient (Wildman–Crippen LogP) is 3.55. The Labute approximate surface area is 166 Å². The highest BCUT2D eigenvalue weighted by atomic mass is 32.2. The van der Waals surface area contributed by atoms with Crippen LogP contribution < -0.4 is 10.0 Å². The SMILES string of the molecule is CS(=O)(=O)NCC1CCC(C(=O)Nc2ccc3c(c2)Cc2ccccc2-3)CC1. The van der Waals surface area contributed by atoms with Crippen LogP contribution in [-0.4, -0.2) is 27.1 Å². The maximum absolute atomic E-state index is 12.7. The third kappa shape index (κ3) is 4.28. The molecule has 2 aromatic rings. The van der Waals surface area contributed by atoms with Gasteiger partial charge in [0.05, 0.1) is 6.26 Å². The molecule has 2 N–H and O–H groups in total. The number of carbonyl (C=O) groups is 1. The van der Waals surface area contributed by atoms with Crippen molar-refractivity contribution in [1.29, 1.82) is 0 Å². The first kappa shape index (κ1) is 19.2. The van der Waals surface area contributed by atoms with Gasteiger partial charge in [-0.15, -0.1) is 0 Å². The Bertz CT molecular complexity index is 993. The van der Waals surface area contributed by atoms with Crippen molar-refractivity contribution in [1.82, 2.24) is 4.72 Å². The molecule has 1 amide bonds. The molecule has 2 aliphatic rings. The highest BCUT2D eigenvalue weighted by Gasteiger charge is 2.27. The van der Waals surface area contributed by atoms with Crippen LogP contribution in [0.5, 0.6) is 0 Å². The Hall–Kier alpha value is -2.18. The molecule has 0 unspecified atom stereocenters. The zero-order chi connectivity index (χ0) is 19.7. The average molecular weight is 399 g/mol. The molecule has 0 spiro atoms. The van der Waals surface area contributed by atoms with Gasteiger partial charge in [0.25, 0.3) is 0 Å². The van der Waals surface area contributed by atoms with Gasteiger partial charge in [-0.25, -0.2) is 13.1 Å². The lowest BCUT2D eigenvalue weighted by molar-refractivity contribution is -0.121. The van der Waals surface area contributed by atoms with E-state index in [9.17, 15) is 13.2 Å². The Morgan fingerprint density at radius 1 is 1.00 bits per heavy atom. The van der Waals surface area contributed by atoms with Crippen molar-refractivity contribution in [3.8, 4) is 11.1 Å². The van der Waals surface area contributed by atoms with E-state index in [1.807, 2.05) is 6.07 Å². The minimum atomic E-state index is -3.15. The van der Waals surface area contributed by atoms with Gasteiger partial charge in [0.15, 0.2) is 0 Å². The molecule has 2 aromatic carbocycles. The Morgan fingerprint density at radius 3 is 2.46 bits per heavy atom. The molecule has 0 atom stereocenters. The summed E-state index contributed by atoms with van der Waals surface area (Å²) < 4.78 is 25.0. The van der Waals surface area contributed by atoms with Gasteiger partial charge in [-0.2, -0.15) is 0 Å². The third-order valence-corrected chi connectivity index (χ3v) is 6.60. The van der Waals surface area contributed by atoms with E-state index in [2.05, 4.69) is 46.4 Å². The molecule has 0 aliphatic heterocycles. The van der Waals surface area contributed by atoms with Crippen LogP contribution in [0.1, 0.15) is 36.8 Å². The van der Waals surface area contributed by atoms with E-state index in [4.69, 9.17) is 0 Å². The van der Waals surface area contributed by atoms with Crippen LogP contribution in [0.15, 0.2) is 42.5 Å². The molecule has 28 heavy (non-hydrogen) atoms. The van der Waals surface area contributed by atoms with Crippen LogP contribution in [0.3, 0.4) is 0 Å². The molecule has 5 nitrogen and oxygen atoms in total. The van der Waals surface area contributed by atoms with Gasteiger partial charge in [0.2, 0.25) is 15.9 Å². The minimum Gasteiger partial charge on any atom is -0.326 e. The maximum atomic E-state index is 12.7. The zero-order valence-electron chi connectivity index (χ0n) is 16.1. The summed E-state index contributed by atoms with van der Waals surface area (Å²) >= 11 is 0. The summed E-state index contributed by atoms with van der Waals surface area (Å²) in [7, 11) is -3.15. The summed E-state index contributed by atoms with van der Waals surface area (Å²) in [5.74, 6) is 0.391. The molecule has 0 radical (unpaired) electrons. The fourth-order valence-corrected chi connectivity index (χ4v) is 4.90. The Kier molecular flexibility index (Phi) is 5.25. The van der Waals surface area contributed by atoms with Crippen LogP contribution in [0, 0.1) is 11.8 Å². The molecule has 2 aliphatic carbocycles. The number of fused-ring (bicyclic) bond motifs is 3. The van der Waals surface area contributed by atoms with Crippen LogP contribution in [0.2, 0.25) is 0 Å². The second-order valence-corrected chi connectivity index (χ2v) is 9.87. The summed E-state index contributed by atoms with van der Waals surface area (Å²) in [5.41, 5.74) is 6.00. The van der Waals surface area contributed by atoms with E-state index in [-0.39, 0.29) is 11.8 Å². The summed E-state index contributed by atoms with van der Waals surface area (Å²) in [6.07, 6.45) is 5.45. The Morgan fingerprint density at radius 2 is 1.71 bits per heavy atom. The fraction of sp³-hybridized carbons (Fsp3) is 0.409. The number of nitrogens with one attached hydrogen (secondary N) is 2. The molecule has 6 heteroatoms. The molecule has 0 saturated heterocycles. The minimum absolute atomic E-state index is 0.0000597. The van der Waals surface area contributed by atoms with Crippen molar-refractivity contribution < 1.29 is 13.2 Å². The standard InChI is InChI=1S/C22H26N2O3S/c1-28(26,27)23-14-15-6-8-16(9-7-15)22(25)24-19-10-11-21-18(13-19)12-17-4-2-3-5-20(17)21/h2-5,10-11,13,15-16,23H,6-9,12,14H2,1H3,(H,24,25). The van der Waals surface area contributed by atoms with E-state index in [0.717, 1.165) is 37.8 Å². The number of rotatable bonds is 5. The van der Waals surface area contributed by atoms with Gasteiger partial charge in [-0.3, -0.25) is 4.79 Å². The van der Waals surface area contributed by atoms with Gasteiger partial charge in [-0.05, 0) is 72.4 Å². The predicted molar refractivity (Wildman–Crippen MR) is 112 cm³/mol.